The summed E-state index contributed by atoms with van der Waals surface area (Å²) in [5.74, 6) is 0. The van der Waals surface area contributed by atoms with Gasteiger partial charge in [-0.15, -0.1) is 5.10 Å². The summed E-state index contributed by atoms with van der Waals surface area (Å²) in [5, 5.41) is 9.50. The second-order valence-corrected chi connectivity index (χ2v) is 16.0. The van der Waals surface area contributed by atoms with E-state index < -0.39 is 32.0 Å². The van der Waals surface area contributed by atoms with E-state index in [1.807, 2.05) is 89.6 Å². The zero-order chi connectivity index (χ0) is 36.9. The van der Waals surface area contributed by atoms with Crippen LogP contribution < -0.4 is 5.30 Å². The first-order valence-electron chi connectivity index (χ1n) is 16.1. The summed E-state index contributed by atoms with van der Waals surface area (Å²) >= 11 is 0. The van der Waals surface area contributed by atoms with Crippen LogP contribution in [0.2, 0.25) is 0 Å². The monoisotopic (exact) mass is 740 g/mol. The molecule has 5 aromatic carbocycles. The van der Waals surface area contributed by atoms with E-state index in [-0.39, 0.29) is 17.2 Å². The molecule has 0 aliphatic heterocycles. The fourth-order valence-corrected chi connectivity index (χ4v) is 7.90. The Morgan fingerprint density at radius 1 is 0.692 bits per heavy atom. The summed E-state index contributed by atoms with van der Waals surface area (Å²) in [6, 6.07) is 36.4. The second-order valence-electron chi connectivity index (χ2n) is 12.8. The number of benzene rings is 5. The molecule has 0 aliphatic carbocycles. The normalized spacial score (nSPS) is 13.8. The standard InChI is InChI=1S/C38H32F2N4O6P2/c1-25-11-16-29-21-30(22-35(36(29)41-25)51(45,46)47)28-17-12-26(13-18-28)23-37(31-7-3-2-4-8-31,44-34-10-6-5-9-33(34)42-43-44)24-27-14-19-32(20-15-27)38(39,40)52(48,49)50/h2-22H,23-24H2,1H3,(H2,45,46,47)(H2,48,49,50)/t37-/m1/s1. The Hall–Kier alpha value is -4.93. The molecule has 0 aliphatic rings. The SMILES string of the molecule is Cc1ccc2cc(-c3ccc(C[C@@](Cc4ccc(C(F)(F)P(=O)(O)O)cc4)(c4ccccc4)n4nnc5ccccc54)cc3)cc(P(=O)(O)O)c2n1. The molecule has 0 saturated carbocycles. The van der Waals surface area contributed by atoms with Crippen LogP contribution in [0.5, 0.6) is 0 Å². The Morgan fingerprint density at radius 3 is 1.94 bits per heavy atom. The topological polar surface area (TPSA) is 159 Å². The van der Waals surface area contributed by atoms with Crippen LogP contribution in [0.4, 0.5) is 8.78 Å². The van der Waals surface area contributed by atoms with E-state index in [9.17, 15) is 37.5 Å². The lowest BCUT2D eigenvalue weighted by Gasteiger charge is -2.36. The molecule has 264 valence electrons. The quantitative estimate of drug-likeness (QED) is 0.106. The summed E-state index contributed by atoms with van der Waals surface area (Å²) < 4.78 is 55.1. The minimum absolute atomic E-state index is 0.154. The molecular weight excluding hydrogens is 708 g/mol. The smallest absolute Gasteiger partial charge is 0.321 e. The Bertz CT molecular complexity index is 2520. The maximum absolute atomic E-state index is 14.6. The molecule has 0 unspecified atom stereocenters. The van der Waals surface area contributed by atoms with Gasteiger partial charge in [-0.1, -0.05) is 102 Å². The Balaban J connectivity index is 1.34. The molecule has 4 N–H and O–H groups in total. The van der Waals surface area contributed by atoms with Crippen molar-refractivity contribution in [3.63, 3.8) is 0 Å². The van der Waals surface area contributed by atoms with Gasteiger partial charge in [-0.2, -0.15) is 8.78 Å². The molecule has 10 nitrogen and oxygen atoms in total. The van der Waals surface area contributed by atoms with Crippen LogP contribution >= 0.6 is 15.2 Å². The molecule has 2 heterocycles. The predicted octanol–water partition coefficient (Wildman–Crippen LogP) is 7.21. The average Bonchev–Trinajstić information content (AvgIpc) is 3.56. The van der Waals surface area contributed by atoms with E-state index in [0.29, 0.717) is 34.1 Å². The van der Waals surface area contributed by atoms with Crippen molar-refractivity contribution < 1.29 is 37.5 Å². The largest absolute Gasteiger partial charge is 0.399 e. The van der Waals surface area contributed by atoms with E-state index >= 15 is 0 Å². The van der Waals surface area contributed by atoms with E-state index in [4.69, 9.17) is 0 Å². The molecule has 0 radical (unpaired) electrons. The van der Waals surface area contributed by atoms with Gasteiger partial charge in [-0.05, 0) is 65.1 Å². The summed E-state index contributed by atoms with van der Waals surface area (Å²) in [7, 11) is -10.4. The molecule has 14 heteroatoms. The first-order chi connectivity index (χ1) is 24.7. The van der Waals surface area contributed by atoms with Crippen LogP contribution in [0.25, 0.3) is 33.1 Å². The molecule has 0 bridgehead atoms. The van der Waals surface area contributed by atoms with Crippen molar-refractivity contribution >= 4 is 42.4 Å². The fraction of sp³-hybridized carbons (Fsp3) is 0.132. The molecule has 7 rings (SSSR count). The molecule has 2 aromatic heterocycles. The summed E-state index contributed by atoms with van der Waals surface area (Å²) in [5.41, 5.74) is -0.206. The lowest BCUT2D eigenvalue weighted by Crippen LogP contribution is -2.40. The number of aromatic nitrogens is 4. The third-order valence-corrected chi connectivity index (χ3v) is 11.2. The third-order valence-electron chi connectivity index (χ3n) is 9.24. The minimum Gasteiger partial charge on any atom is -0.321 e. The number of nitrogens with zero attached hydrogens (tertiary/aromatic N) is 4. The van der Waals surface area contributed by atoms with Crippen LogP contribution in [0.3, 0.4) is 0 Å². The second kappa shape index (κ2) is 13.2. The zero-order valence-electron chi connectivity index (χ0n) is 27.6. The number of aryl methyl sites for hydroxylation is 1. The van der Waals surface area contributed by atoms with Crippen LogP contribution in [-0.2, 0) is 33.2 Å². The number of pyridine rings is 1. The van der Waals surface area contributed by atoms with Crippen LogP contribution in [-0.4, -0.2) is 39.6 Å². The van der Waals surface area contributed by atoms with Gasteiger partial charge in [-0.25, -0.2) is 4.68 Å². The highest BCUT2D eigenvalue weighted by Crippen LogP contribution is 2.59. The van der Waals surface area contributed by atoms with Crippen LogP contribution in [0.1, 0.15) is 27.9 Å². The molecule has 52 heavy (non-hydrogen) atoms. The first-order valence-corrected chi connectivity index (χ1v) is 19.3. The van der Waals surface area contributed by atoms with Gasteiger partial charge in [-0.3, -0.25) is 14.1 Å². The maximum Gasteiger partial charge on any atom is 0.399 e. The highest BCUT2D eigenvalue weighted by Gasteiger charge is 2.50. The zero-order valence-corrected chi connectivity index (χ0v) is 29.4. The maximum atomic E-state index is 14.6. The van der Waals surface area contributed by atoms with Gasteiger partial charge < -0.3 is 19.6 Å². The average molecular weight is 741 g/mol. The highest BCUT2D eigenvalue weighted by atomic mass is 31.2. The Kier molecular flexibility index (Phi) is 9.03. The number of fused-ring (bicyclic) bond motifs is 2. The van der Waals surface area contributed by atoms with Gasteiger partial charge in [0.2, 0.25) is 0 Å². The van der Waals surface area contributed by atoms with E-state index in [1.165, 1.54) is 18.2 Å². The molecule has 0 saturated heterocycles. The summed E-state index contributed by atoms with van der Waals surface area (Å²) in [6.45, 7) is 1.76. The van der Waals surface area contributed by atoms with Gasteiger partial charge in [0.05, 0.1) is 21.9 Å². The third kappa shape index (κ3) is 6.61. The number of hydrogen-bond acceptors (Lipinski definition) is 5. The van der Waals surface area contributed by atoms with Crippen LogP contribution in [0.15, 0.2) is 127 Å². The highest BCUT2D eigenvalue weighted by molar-refractivity contribution is 7.60. The van der Waals surface area contributed by atoms with Crippen molar-refractivity contribution in [2.24, 2.45) is 0 Å². The van der Waals surface area contributed by atoms with Gasteiger partial charge in [0.1, 0.15) is 5.52 Å². The predicted molar refractivity (Wildman–Crippen MR) is 194 cm³/mol. The van der Waals surface area contributed by atoms with Crippen molar-refractivity contribution in [1.29, 1.82) is 0 Å². The van der Waals surface area contributed by atoms with Gasteiger partial charge in [0.15, 0.2) is 0 Å². The lowest BCUT2D eigenvalue weighted by atomic mass is 9.78. The minimum atomic E-state index is -5.76. The van der Waals surface area contributed by atoms with Crippen LogP contribution in [0, 0.1) is 6.92 Å². The van der Waals surface area contributed by atoms with Crippen molar-refractivity contribution in [1.82, 2.24) is 20.0 Å². The van der Waals surface area contributed by atoms with Crippen molar-refractivity contribution in [2.75, 3.05) is 0 Å². The van der Waals surface area contributed by atoms with E-state index in [0.717, 1.165) is 34.3 Å². The molecule has 0 spiro atoms. The number of alkyl halides is 2. The van der Waals surface area contributed by atoms with Crippen molar-refractivity contribution in [3.05, 3.63) is 155 Å². The number of para-hydroxylation sites is 1. The molecule has 1 atom stereocenters. The lowest BCUT2D eigenvalue weighted by molar-refractivity contribution is 0.0564. The van der Waals surface area contributed by atoms with Gasteiger partial charge in [0, 0.05) is 29.5 Å². The molecular formula is C38H32F2N4O6P2. The Labute approximate surface area is 296 Å². The van der Waals surface area contributed by atoms with E-state index in [2.05, 4.69) is 15.3 Å². The Morgan fingerprint density at radius 2 is 1.31 bits per heavy atom. The summed E-state index contributed by atoms with van der Waals surface area (Å²) in [4.78, 5) is 43.4. The van der Waals surface area contributed by atoms with E-state index in [1.54, 1.807) is 19.1 Å². The van der Waals surface area contributed by atoms with Gasteiger partial charge >= 0.3 is 20.9 Å². The van der Waals surface area contributed by atoms with Crippen molar-refractivity contribution in [3.8, 4) is 11.1 Å². The number of rotatable bonds is 10. The first kappa shape index (κ1) is 35.5. The fourth-order valence-electron chi connectivity index (χ4n) is 6.66. The van der Waals surface area contributed by atoms with Crippen molar-refractivity contribution in [2.45, 2.75) is 31.0 Å². The number of hydrogen-bond donors (Lipinski definition) is 4. The molecule has 0 amide bonds. The molecule has 7 aromatic rings. The number of halogens is 2. The molecule has 0 fully saturated rings. The summed E-state index contributed by atoms with van der Waals surface area (Å²) in [6.07, 6.45) is 0.580. The van der Waals surface area contributed by atoms with Gasteiger partial charge in [0.25, 0.3) is 0 Å².